The highest BCUT2D eigenvalue weighted by atomic mass is 19.4. The van der Waals surface area contributed by atoms with Crippen LogP contribution < -0.4 is 4.74 Å². The van der Waals surface area contributed by atoms with Crippen molar-refractivity contribution in [3.8, 4) is 5.75 Å². The summed E-state index contributed by atoms with van der Waals surface area (Å²) < 4.78 is 64.1. The van der Waals surface area contributed by atoms with E-state index in [2.05, 4.69) is 9.72 Å². The number of halogens is 5. The predicted octanol–water partition coefficient (Wildman–Crippen LogP) is 2.64. The van der Waals surface area contributed by atoms with Crippen molar-refractivity contribution in [2.75, 3.05) is 0 Å². The van der Waals surface area contributed by atoms with Gasteiger partial charge in [0.15, 0.2) is 17.7 Å². The Morgan fingerprint density at radius 3 is 2.37 bits per heavy atom. The number of nitrogens with zero attached hydrogens (tertiary/aromatic N) is 2. The van der Waals surface area contributed by atoms with E-state index in [0.717, 1.165) is 0 Å². The van der Waals surface area contributed by atoms with Gasteiger partial charge in [-0.3, -0.25) is 14.9 Å². The van der Waals surface area contributed by atoms with Crippen LogP contribution in [0.1, 0.15) is 22.5 Å². The zero-order valence-electron chi connectivity index (χ0n) is 8.65. The van der Waals surface area contributed by atoms with Crippen molar-refractivity contribution in [2.24, 2.45) is 0 Å². The van der Waals surface area contributed by atoms with Gasteiger partial charge in [0.1, 0.15) is 5.56 Å². The third-order valence-electron chi connectivity index (χ3n) is 1.82. The fraction of sp³-hybridized carbons (Fsp3) is 0.250. The minimum Gasteiger partial charge on any atom is -0.403 e. The first-order valence-corrected chi connectivity index (χ1v) is 4.33. The highest BCUT2D eigenvalue weighted by molar-refractivity contribution is 5.86. The molecule has 1 aromatic heterocycles. The second kappa shape index (κ2) is 5.12. The van der Waals surface area contributed by atoms with Gasteiger partial charge in [0, 0.05) is 0 Å². The summed E-state index contributed by atoms with van der Waals surface area (Å²) in [6.07, 6.45) is -8.89. The summed E-state index contributed by atoms with van der Waals surface area (Å²) in [5, 5.41) is 10.6. The molecule has 0 unspecified atom stereocenters. The maximum Gasteiger partial charge on any atom is 0.573 e. The SMILES string of the molecule is O=Cc1c(OC(F)(F)F)cnc(C(F)F)c1[N+](=O)[O-]. The largest absolute Gasteiger partial charge is 0.573 e. The summed E-state index contributed by atoms with van der Waals surface area (Å²) in [4.78, 5) is 22.5. The van der Waals surface area contributed by atoms with Crippen molar-refractivity contribution in [2.45, 2.75) is 12.8 Å². The molecule has 0 spiro atoms. The smallest absolute Gasteiger partial charge is 0.403 e. The lowest BCUT2D eigenvalue weighted by molar-refractivity contribution is -0.387. The number of aromatic nitrogens is 1. The molecule has 0 atom stereocenters. The first kappa shape index (κ1) is 14.7. The van der Waals surface area contributed by atoms with Crippen LogP contribution in [0.25, 0.3) is 0 Å². The zero-order valence-corrected chi connectivity index (χ0v) is 8.65. The van der Waals surface area contributed by atoms with Gasteiger partial charge in [-0.15, -0.1) is 13.2 Å². The van der Waals surface area contributed by atoms with Crippen molar-refractivity contribution in [1.82, 2.24) is 4.98 Å². The molecule has 0 aliphatic carbocycles. The molecule has 0 amide bonds. The lowest BCUT2D eigenvalue weighted by Gasteiger charge is -2.11. The van der Waals surface area contributed by atoms with Crippen LogP contribution in [0.3, 0.4) is 0 Å². The van der Waals surface area contributed by atoms with Gasteiger partial charge in [-0.05, 0) is 0 Å². The van der Waals surface area contributed by atoms with Gasteiger partial charge in [-0.25, -0.2) is 13.8 Å². The molecule has 0 aliphatic heterocycles. The van der Waals surface area contributed by atoms with E-state index < -0.39 is 40.4 Å². The summed E-state index contributed by atoms with van der Waals surface area (Å²) in [7, 11) is 0. The average molecular weight is 286 g/mol. The van der Waals surface area contributed by atoms with Crippen LogP contribution in [0, 0.1) is 10.1 Å². The van der Waals surface area contributed by atoms with Crippen molar-refractivity contribution in [1.29, 1.82) is 0 Å². The number of hydrogen-bond donors (Lipinski definition) is 0. The van der Waals surface area contributed by atoms with Crippen LogP contribution in [0.5, 0.6) is 5.75 Å². The van der Waals surface area contributed by atoms with Crippen molar-refractivity contribution >= 4 is 12.0 Å². The number of aldehydes is 1. The molecule has 0 aliphatic rings. The van der Waals surface area contributed by atoms with Gasteiger partial charge in [-0.2, -0.15) is 0 Å². The molecular weight excluding hydrogens is 283 g/mol. The van der Waals surface area contributed by atoms with Gasteiger partial charge in [-0.1, -0.05) is 0 Å². The second-order valence-electron chi connectivity index (χ2n) is 2.99. The number of nitro groups is 1. The van der Waals surface area contributed by atoms with Crippen LogP contribution in [0.2, 0.25) is 0 Å². The van der Waals surface area contributed by atoms with Crippen molar-refractivity contribution < 1.29 is 36.4 Å². The minimum absolute atomic E-state index is 0.172. The zero-order chi connectivity index (χ0) is 14.8. The molecule has 1 heterocycles. The summed E-state index contributed by atoms with van der Waals surface area (Å²) in [6, 6.07) is 0. The molecule has 1 aromatic rings. The van der Waals surface area contributed by atoms with E-state index in [4.69, 9.17) is 0 Å². The topological polar surface area (TPSA) is 82.3 Å². The number of hydrogen-bond acceptors (Lipinski definition) is 5. The standard InChI is InChI=1S/C8H3F5N2O4/c9-7(10)5-6(15(17)18)3(2-16)4(1-14-5)19-8(11,12)13/h1-2,7H. The molecule has 104 valence electrons. The van der Waals surface area contributed by atoms with Gasteiger partial charge in [0.2, 0.25) is 0 Å². The van der Waals surface area contributed by atoms with Crippen LogP contribution in [-0.2, 0) is 0 Å². The number of pyridine rings is 1. The first-order chi connectivity index (χ1) is 8.67. The van der Waals surface area contributed by atoms with E-state index in [1.54, 1.807) is 0 Å². The highest BCUT2D eigenvalue weighted by Crippen LogP contribution is 2.36. The Morgan fingerprint density at radius 2 is 2.00 bits per heavy atom. The fourth-order valence-corrected chi connectivity index (χ4v) is 1.19. The summed E-state index contributed by atoms with van der Waals surface area (Å²) in [6.45, 7) is 0. The molecule has 19 heavy (non-hydrogen) atoms. The maximum absolute atomic E-state index is 12.4. The normalized spacial score (nSPS) is 11.5. The van der Waals surface area contributed by atoms with Gasteiger partial charge in [0.25, 0.3) is 6.43 Å². The second-order valence-corrected chi connectivity index (χ2v) is 2.99. The molecule has 0 saturated heterocycles. The summed E-state index contributed by atoms with van der Waals surface area (Å²) in [5.74, 6) is -1.32. The van der Waals surface area contributed by atoms with Crippen molar-refractivity contribution in [3.05, 3.63) is 27.6 Å². The van der Waals surface area contributed by atoms with Crippen LogP contribution >= 0.6 is 0 Å². The number of carbonyl (C=O) groups is 1. The average Bonchev–Trinajstić information content (AvgIpc) is 2.25. The quantitative estimate of drug-likeness (QED) is 0.368. The van der Waals surface area contributed by atoms with Gasteiger partial charge in [0.05, 0.1) is 11.1 Å². The molecule has 6 nitrogen and oxygen atoms in total. The molecule has 1 rings (SSSR count). The monoisotopic (exact) mass is 286 g/mol. The molecular formula is C8H3F5N2O4. The molecule has 0 radical (unpaired) electrons. The first-order valence-electron chi connectivity index (χ1n) is 4.33. The van der Waals surface area contributed by atoms with E-state index in [1.165, 1.54) is 0 Å². The Kier molecular flexibility index (Phi) is 3.97. The Bertz CT molecular complexity index is 517. The molecule has 0 bridgehead atoms. The Labute approximate surface area is 101 Å². The Morgan fingerprint density at radius 1 is 1.42 bits per heavy atom. The molecule has 0 saturated carbocycles. The van der Waals surface area contributed by atoms with E-state index in [-0.39, 0.29) is 12.5 Å². The molecule has 0 fully saturated rings. The van der Waals surface area contributed by atoms with E-state index in [1.807, 2.05) is 0 Å². The predicted molar refractivity (Wildman–Crippen MR) is 47.9 cm³/mol. The van der Waals surface area contributed by atoms with Crippen LogP contribution in [-0.4, -0.2) is 22.6 Å². The lowest BCUT2D eigenvalue weighted by Crippen LogP contribution is -2.19. The summed E-state index contributed by atoms with van der Waals surface area (Å²) >= 11 is 0. The Hall–Kier alpha value is -2.33. The molecule has 11 heteroatoms. The lowest BCUT2D eigenvalue weighted by atomic mass is 10.2. The van der Waals surface area contributed by atoms with E-state index >= 15 is 0 Å². The molecule has 0 aromatic carbocycles. The van der Waals surface area contributed by atoms with Crippen LogP contribution in [0.15, 0.2) is 6.20 Å². The fourth-order valence-electron chi connectivity index (χ4n) is 1.19. The van der Waals surface area contributed by atoms with E-state index in [0.29, 0.717) is 0 Å². The third-order valence-corrected chi connectivity index (χ3v) is 1.82. The Balaban J connectivity index is 3.49. The van der Waals surface area contributed by atoms with Gasteiger partial charge >= 0.3 is 12.0 Å². The number of alkyl halides is 5. The third kappa shape index (κ3) is 3.33. The van der Waals surface area contributed by atoms with Gasteiger partial charge < -0.3 is 4.74 Å². The maximum atomic E-state index is 12.4. The number of ether oxygens (including phenoxy) is 1. The summed E-state index contributed by atoms with van der Waals surface area (Å²) in [5.41, 5.74) is -4.19. The number of rotatable bonds is 4. The van der Waals surface area contributed by atoms with Crippen molar-refractivity contribution in [3.63, 3.8) is 0 Å². The van der Waals surface area contributed by atoms with E-state index in [9.17, 15) is 36.9 Å². The van der Waals surface area contributed by atoms with Crippen LogP contribution in [0.4, 0.5) is 27.6 Å². The minimum atomic E-state index is -5.25. The number of carbonyl (C=O) groups excluding carboxylic acids is 1. The molecule has 0 N–H and O–H groups in total. The highest BCUT2D eigenvalue weighted by Gasteiger charge is 2.36.